The molecular weight excluding hydrogens is 210 g/mol. The number of hydrogen-bond donors (Lipinski definition) is 1. The van der Waals surface area contributed by atoms with E-state index >= 15 is 0 Å². The van der Waals surface area contributed by atoms with Crippen LogP contribution in [-0.4, -0.2) is 19.7 Å². The predicted molar refractivity (Wildman–Crippen MR) is 74.4 cm³/mol. The number of para-hydroxylation sites is 1. The summed E-state index contributed by atoms with van der Waals surface area (Å²) in [5, 5.41) is 3.36. The van der Waals surface area contributed by atoms with Crippen molar-refractivity contribution in [3.05, 3.63) is 35.9 Å². The number of nitrogens with one attached hydrogen (secondary N) is 1. The maximum absolute atomic E-state index is 5.76. The summed E-state index contributed by atoms with van der Waals surface area (Å²) in [6.07, 6.45) is 4.09. The van der Waals surface area contributed by atoms with Crippen LogP contribution < -0.4 is 10.1 Å². The Bertz CT molecular complexity index is 345. The molecule has 0 aromatic heterocycles. The van der Waals surface area contributed by atoms with Gasteiger partial charge in [0.2, 0.25) is 0 Å². The van der Waals surface area contributed by atoms with Crippen LogP contribution >= 0.6 is 0 Å². The fourth-order valence-corrected chi connectivity index (χ4v) is 1.55. The van der Waals surface area contributed by atoms with Gasteiger partial charge in [-0.3, -0.25) is 0 Å². The summed E-state index contributed by atoms with van der Waals surface area (Å²) in [7, 11) is 0. The first-order valence-corrected chi connectivity index (χ1v) is 6.29. The highest BCUT2D eigenvalue weighted by Gasteiger charge is 1.99. The molecule has 1 N–H and O–H groups in total. The van der Waals surface area contributed by atoms with Crippen LogP contribution in [0.3, 0.4) is 0 Å². The molecule has 0 atom stereocenters. The number of rotatable bonds is 7. The number of allylic oxidation sites excluding steroid dienone is 1. The highest BCUT2D eigenvalue weighted by atomic mass is 16.5. The molecule has 1 rings (SSSR count). The molecule has 0 unspecified atom stereocenters. The van der Waals surface area contributed by atoms with Crippen LogP contribution in [0.2, 0.25) is 0 Å². The van der Waals surface area contributed by atoms with Gasteiger partial charge >= 0.3 is 0 Å². The SMILES string of the molecule is C/C=C/c1ccccc1OCCNCC(C)C. The molecule has 1 aromatic rings. The molecule has 0 heterocycles. The topological polar surface area (TPSA) is 21.3 Å². The van der Waals surface area contributed by atoms with Gasteiger partial charge < -0.3 is 10.1 Å². The Balaban J connectivity index is 2.36. The molecule has 0 radical (unpaired) electrons. The van der Waals surface area contributed by atoms with Crippen molar-refractivity contribution >= 4 is 6.08 Å². The molecule has 0 saturated heterocycles. The van der Waals surface area contributed by atoms with Crippen molar-refractivity contribution in [1.29, 1.82) is 0 Å². The van der Waals surface area contributed by atoms with E-state index in [-0.39, 0.29) is 0 Å². The standard InChI is InChI=1S/C15H23NO/c1-4-7-14-8-5-6-9-15(14)17-11-10-16-12-13(2)3/h4-9,13,16H,10-12H2,1-3H3/b7-4+. The maximum Gasteiger partial charge on any atom is 0.126 e. The third kappa shape index (κ3) is 5.55. The Morgan fingerprint density at radius 2 is 2.06 bits per heavy atom. The summed E-state index contributed by atoms with van der Waals surface area (Å²) in [6, 6.07) is 8.11. The van der Waals surface area contributed by atoms with Crippen LogP contribution in [0.4, 0.5) is 0 Å². The first kappa shape index (κ1) is 13.8. The van der Waals surface area contributed by atoms with E-state index in [4.69, 9.17) is 4.74 Å². The second-order valence-electron chi connectivity index (χ2n) is 4.48. The second kappa shape index (κ2) is 7.91. The first-order chi connectivity index (χ1) is 8.24. The average molecular weight is 233 g/mol. The average Bonchev–Trinajstić information content (AvgIpc) is 2.31. The van der Waals surface area contributed by atoms with Crippen LogP contribution in [0, 0.1) is 5.92 Å². The summed E-state index contributed by atoms with van der Waals surface area (Å²) in [4.78, 5) is 0. The zero-order chi connectivity index (χ0) is 12.5. The minimum absolute atomic E-state index is 0.685. The minimum atomic E-state index is 0.685. The van der Waals surface area contributed by atoms with Crippen molar-refractivity contribution in [3.8, 4) is 5.75 Å². The predicted octanol–water partition coefficient (Wildman–Crippen LogP) is 3.34. The normalized spacial score (nSPS) is 11.3. The van der Waals surface area contributed by atoms with Gasteiger partial charge in [0.05, 0.1) is 0 Å². The van der Waals surface area contributed by atoms with Gasteiger partial charge in [-0.25, -0.2) is 0 Å². The van der Waals surface area contributed by atoms with Crippen LogP contribution in [0.1, 0.15) is 26.3 Å². The largest absolute Gasteiger partial charge is 0.492 e. The monoisotopic (exact) mass is 233 g/mol. The summed E-state index contributed by atoms with van der Waals surface area (Å²) < 4.78 is 5.76. The van der Waals surface area contributed by atoms with Gasteiger partial charge in [0.25, 0.3) is 0 Å². The van der Waals surface area contributed by atoms with Crippen LogP contribution in [0.15, 0.2) is 30.3 Å². The van der Waals surface area contributed by atoms with Crippen molar-refractivity contribution in [2.45, 2.75) is 20.8 Å². The van der Waals surface area contributed by atoms with Crippen molar-refractivity contribution in [1.82, 2.24) is 5.32 Å². The van der Waals surface area contributed by atoms with E-state index in [1.165, 1.54) is 0 Å². The van der Waals surface area contributed by atoms with E-state index in [1.807, 2.05) is 31.2 Å². The lowest BCUT2D eigenvalue weighted by molar-refractivity contribution is 0.310. The number of benzene rings is 1. The molecule has 0 aliphatic carbocycles. The fourth-order valence-electron chi connectivity index (χ4n) is 1.55. The molecule has 0 saturated carbocycles. The molecule has 0 amide bonds. The second-order valence-corrected chi connectivity index (χ2v) is 4.48. The molecule has 2 nitrogen and oxygen atoms in total. The molecule has 1 aromatic carbocycles. The third-order valence-corrected chi connectivity index (χ3v) is 2.35. The molecule has 0 aliphatic rings. The molecule has 2 heteroatoms. The first-order valence-electron chi connectivity index (χ1n) is 6.29. The van der Waals surface area contributed by atoms with Gasteiger partial charge in [0.1, 0.15) is 12.4 Å². The van der Waals surface area contributed by atoms with Gasteiger partial charge in [-0.1, -0.05) is 44.2 Å². The van der Waals surface area contributed by atoms with E-state index in [9.17, 15) is 0 Å². The molecule has 0 spiro atoms. The summed E-state index contributed by atoms with van der Waals surface area (Å²) in [5.74, 6) is 1.64. The van der Waals surface area contributed by atoms with Gasteiger partial charge in [-0.15, -0.1) is 0 Å². The Hall–Kier alpha value is -1.28. The summed E-state index contributed by atoms with van der Waals surface area (Å²) in [6.45, 7) is 9.06. The Labute approximate surface area is 105 Å². The zero-order valence-electron chi connectivity index (χ0n) is 11.1. The third-order valence-electron chi connectivity index (χ3n) is 2.35. The quantitative estimate of drug-likeness (QED) is 0.729. The molecule has 0 fully saturated rings. The summed E-state index contributed by atoms with van der Waals surface area (Å²) >= 11 is 0. The van der Waals surface area contributed by atoms with Gasteiger partial charge in [-0.2, -0.15) is 0 Å². The van der Waals surface area contributed by atoms with E-state index in [1.54, 1.807) is 0 Å². The minimum Gasteiger partial charge on any atom is -0.492 e. The molecule has 0 aliphatic heterocycles. The van der Waals surface area contributed by atoms with Crippen molar-refractivity contribution < 1.29 is 4.74 Å². The lowest BCUT2D eigenvalue weighted by atomic mass is 10.2. The van der Waals surface area contributed by atoms with Gasteiger partial charge in [0.15, 0.2) is 0 Å². The van der Waals surface area contributed by atoms with Crippen molar-refractivity contribution in [2.75, 3.05) is 19.7 Å². The van der Waals surface area contributed by atoms with Crippen LogP contribution in [0.25, 0.3) is 6.08 Å². The van der Waals surface area contributed by atoms with E-state index in [2.05, 4.69) is 31.3 Å². The highest BCUT2D eigenvalue weighted by molar-refractivity contribution is 5.56. The Kier molecular flexibility index (Phi) is 6.41. The fraction of sp³-hybridized carbons (Fsp3) is 0.467. The smallest absolute Gasteiger partial charge is 0.126 e. The number of ether oxygens (including phenoxy) is 1. The van der Waals surface area contributed by atoms with Crippen molar-refractivity contribution in [2.24, 2.45) is 5.92 Å². The summed E-state index contributed by atoms with van der Waals surface area (Å²) in [5.41, 5.74) is 1.14. The van der Waals surface area contributed by atoms with Crippen molar-refractivity contribution in [3.63, 3.8) is 0 Å². The van der Waals surface area contributed by atoms with E-state index < -0.39 is 0 Å². The van der Waals surface area contributed by atoms with Crippen LogP contribution in [-0.2, 0) is 0 Å². The zero-order valence-corrected chi connectivity index (χ0v) is 11.1. The lowest BCUT2D eigenvalue weighted by Crippen LogP contribution is -2.25. The van der Waals surface area contributed by atoms with E-state index in [0.29, 0.717) is 12.5 Å². The maximum atomic E-state index is 5.76. The molecule has 0 bridgehead atoms. The Morgan fingerprint density at radius 1 is 1.29 bits per heavy atom. The van der Waals surface area contributed by atoms with Gasteiger partial charge in [0, 0.05) is 12.1 Å². The molecular formula is C15H23NO. The van der Waals surface area contributed by atoms with Gasteiger partial charge in [-0.05, 0) is 25.5 Å². The Morgan fingerprint density at radius 3 is 2.76 bits per heavy atom. The molecule has 17 heavy (non-hydrogen) atoms. The molecule has 94 valence electrons. The van der Waals surface area contributed by atoms with E-state index in [0.717, 1.165) is 24.4 Å². The van der Waals surface area contributed by atoms with Crippen LogP contribution in [0.5, 0.6) is 5.75 Å². The number of hydrogen-bond acceptors (Lipinski definition) is 2. The highest BCUT2D eigenvalue weighted by Crippen LogP contribution is 2.18. The lowest BCUT2D eigenvalue weighted by Gasteiger charge is -2.10.